The van der Waals surface area contributed by atoms with E-state index in [-0.39, 0.29) is 22.4 Å². The van der Waals surface area contributed by atoms with E-state index < -0.39 is 29.1 Å². The lowest BCUT2D eigenvalue weighted by molar-refractivity contribution is -0.187. The maximum Gasteiger partial charge on any atom is 0.429 e. The number of ether oxygens (including phenoxy) is 1. The maximum atomic E-state index is 15.3. The van der Waals surface area contributed by atoms with Gasteiger partial charge in [-0.25, -0.2) is 13.2 Å². The minimum Gasteiger partial charge on any atom is -0.429 e. The fourth-order valence-electron chi connectivity index (χ4n) is 5.90. The summed E-state index contributed by atoms with van der Waals surface area (Å²) in [6, 6.07) is 26.2. The smallest absolute Gasteiger partial charge is 0.429 e. The summed E-state index contributed by atoms with van der Waals surface area (Å²) in [6.45, 7) is 4.13. The van der Waals surface area contributed by atoms with Crippen LogP contribution in [0.3, 0.4) is 0 Å². The van der Waals surface area contributed by atoms with Crippen molar-refractivity contribution >= 4 is 0 Å². The Morgan fingerprint density at radius 2 is 1.10 bits per heavy atom. The lowest BCUT2D eigenvalue weighted by Gasteiger charge is -2.19. The molecular weight excluding hydrogens is 627 g/mol. The molecule has 0 N–H and O–H groups in total. The zero-order valence-corrected chi connectivity index (χ0v) is 27.9. The number of unbranched alkanes of at least 4 members (excludes halogenated alkanes) is 4. The third-order valence-corrected chi connectivity index (χ3v) is 8.70. The van der Waals surface area contributed by atoms with E-state index in [1.807, 2.05) is 31.2 Å². The summed E-state index contributed by atoms with van der Waals surface area (Å²) in [4.78, 5) is 0. The molecule has 0 unspecified atom stereocenters. The molecule has 0 aromatic heterocycles. The number of allylic oxidation sites excluding steroid dienone is 2. The lowest BCUT2D eigenvalue weighted by Crippen LogP contribution is -2.23. The van der Waals surface area contributed by atoms with E-state index in [4.69, 9.17) is 4.74 Å². The molecule has 1 nitrogen and oxygen atoms in total. The first kappa shape index (κ1) is 35.6. The van der Waals surface area contributed by atoms with Gasteiger partial charge in [-0.1, -0.05) is 111 Å². The summed E-state index contributed by atoms with van der Waals surface area (Å²) < 4.78 is 80.6. The van der Waals surface area contributed by atoms with Gasteiger partial charge in [0, 0.05) is 11.1 Å². The molecule has 0 atom stereocenters. The molecule has 49 heavy (non-hydrogen) atoms. The van der Waals surface area contributed by atoms with E-state index in [0.717, 1.165) is 55.0 Å². The summed E-state index contributed by atoms with van der Waals surface area (Å²) in [5.74, 6) is -2.59. The number of aryl methyl sites for hydroxylation is 2. The summed E-state index contributed by atoms with van der Waals surface area (Å²) in [6.07, 6.45) is 8.70. The first-order chi connectivity index (χ1) is 23.7. The second-order valence-electron chi connectivity index (χ2n) is 12.3. The van der Waals surface area contributed by atoms with Crippen molar-refractivity contribution in [1.82, 2.24) is 0 Å². The molecule has 0 aliphatic heterocycles. The Bertz CT molecular complexity index is 1860. The predicted octanol–water partition coefficient (Wildman–Crippen LogP) is 13.3. The van der Waals surface area contributed by atoms with Crippen LogP contribution in [0, 0.1) is 17.5 Å². The number of hydrogen-bond acceptors (Lipinski definition) is 1. The monoisotopic (exact) mass is 668 g/mol. The van der Waals surface area contributed by atoms with Crippen LogP contribution >= 0.6 is 0 Å². The SMILES string of the molecule is CC=CCCc1ccc(OC(F)(F)c2ccc(-c3ccc(-c4ccc(-c5ccc(CCCCCCC)cc5)cc4F)cc3F)cc2F)cc1. The van der Waals surface area contributed by atoms with Crippen LogP contribution < -0.4 is 4.74 Å². The highest BCUT2D eigenvalue weighted by molar-refractivity contribution is 5.74. The van der Waals surface area contributed by atoms with Crippen LogP contribution in [0.1, 0.15) is 69.1 Å². The molecule has 0 amide bonds. The van der Waals surface area contributed by atoms with Gasteiger partial charge in [0.1, 0.15) is 23.2 Å². The van der Waals surface area contributed by atoms with Gasteiger partial charge < -0.3 is 4.74 Å². The molecular formula is C43H41F5O. The summed E-state index contributed by atoms with van der Waals surface area (Å²) in [7, 11) is 0. The average molecular weight is 669 g/mol. The van der Waals surface area contributed by atoms with E-state index in [1.165, 1.54) is 67.6 Å². The Balaban J connectivity index is 1.26. The molecule has 0 bridgehead atoms. The zero-order chi connectivity index (χ0) is 34.8. The molecule has 0 aliphatic carbocycles. The lowest BCUT2D eigenvalue weighted by atomic mass is 9.96. The predicted molar refractivity (Wildman–Crippen MR) is 189 cm³/mol. The van der Waals surface area contributed by atoms with Gasteiger partial charge in [0.15, 0.2) is 0 Å². The van der Waals surface area contributed by atoms with Gasteiger partial charge in [-0.2, -0.15) is 8.78 Å². The Kier molecular flexibility index (Phi) is 12.1. The van der Waals surface area contributed by atoms with Crippen LogP contribution in [0.15, 0.2) is 115 Å². The molecule has 0 heterocycles. The van der Waals surface area contributed by atoms with E-state index in [2.05, 4.69) is 19.1 Å². The fourth-order valence-corrected chi connectivity index (χ4v) is 5.90. The molecule has 5 rings (SSSR count). The van der Waals surface area contributed by atoms with Crippen molar-refractivity contribution in [1.29, 1.82) is 0 Å². The van der Waals surface area contributed by atoms with Crippen molar-refractivity contribution in [3.8, 4) is 39.1 Å². The highest BCUT2D eigenvalue weighted by Gasteiger charge is 2.38. The first-order valence-electron chi connectivity index (χ1n) is 16.9. The second kappa shape index (κ2) is 16.6. The second-order valence-corrected chi connectivity index (χ2v) is 12.3. The largest absolute Gasteiger partial charge is 0.429 e. The Hall–Kier alpha value is -4.71. The quantitative estimate of drug-likeness (QED) is 0.0613. The normalized spacial score (nSPS) is 11.7. The molecule has 0 aliphatic rings. The Labute approximate surface area is 286 Å². The molecule has 0 saturated carbocycles. The highest BCUT2D eigenvalue weighted by atomic mass is 19.3. The van der Waals surface area contributed by atoms with Crippen LogP contribution in [0.5, 0.6) is 5.75 Å². The number of benzene rings is 5. The molecule has 254 valence electrons. The van der Waals surface area contributed by atoms with E-state index in [0.29, 0.717) is 11.1 Å². The van der Waals surface area contributed by atoms with Crippen LogP contribution in [0.2, 0.25) is 0 Å². The molecule has 0 spiro atoms. The van der Waals surface area contributed by atoms with E-state index in [9.17, 15) is 8.78 Å². The van der Waals surface area contributed by atoms with Gasteiger partial charge in [-0.3, -0.25) is 0 Å². The van der Waals surface area contributed by atoms with E-state index in [1.54, 1.807) is 24.3 Å². The van der Waals surface area contributed by atoms with Gasteiger partial charge in [0.2, 0.25) is 0 Å². The minimum absolute atomic E-state index is 0.00516. The van der Waals surface area contributed by atoms with Crippen molar-refractivity contribution in [2.24, 2.45) is 0 Å². The standard InChI is InChI=1S/C43H41F5O/c1-3-5-7-8-10-12-30-13-17-32(18-14-30)33-19-24-37(40(44)27-33)34-20-25-38(41(45)28-34)35-21-26-39(42(46)29-35)43(47,48)49-36-22-15-31(16-23-36)11-9-6-4-2/h4,6,13-29H,3,5,7-12H2,1-2H3. The van der Waals surface area contributed by atoms with Crippen LogP contribution in [-0.4, -0.2) is 0 Å². The summed E-state index contributed by atoms with van der Waals surface area (Å²) in [5, 5.41) is 0. The van der Waals surface area contributed by atoms with Crippen molar-refractivity contribution < 1.29 is 26.7 Å². The summed E-state index contributed by atoms with van der Waals surface area (Å²) in [5.41, 5.74) is 3.40. The van der Waals surface area contributed by atoms with Crippen molar-refractivity contribution in [2.75, 3.05) is 0 Å². The van der Waals surface area contributed by atoms with Crippen molar-refractivity contribution in [3.63, 3.8) is 0 Å². The maximum absolute atomic E-state index is 15.3. The molecule has 5 aromatic rings. The first-order valence-corrected chi connectivity index (χ1v) is 16.9. The van der Waals surface area contributed by atoms with Gasteiger partial charge in [-0.15, -0.1) is 0 Å². The van der Waals surface area contributed by atoms with Gasteiger partial charge in [0.25, 0.3) is 0 Å². The Morgan fingerprint density at radius 1 is 0.571 bits per heavy atom. The molecule has 0 radical (unpaired) electrons. The van der Waals surface area contributed by atoms with Crippen LogP contribution in [0.25, 0.3) is 33.4 Å². The molecule has 0 fully saturated rings. The average Bonchev–Trinajstić information content (AvgIpc) is 3.09. The Morgan fingerprint density at radius 3 is 1.71 bits per heavy atom. The van der Waals surface area contributed by atoms with Gasteiger partial charge >= 0.3 is 6.11 Å². The number of rotatable bonds is 15. The van der Waals surface area contributed by atoms with Crippen LogP contribution in [-0.2, 0) is 19.0 Å². The van der Waals surface area contributed by atoms with Crippen molar-refractivity contribution in [2.45, 2.75) is 71.3 Å². The molecule has 5 aromatic carbocycles. The van der Waals surface area contributed by atoms with E-state index >= 15 is 13.2 Å². The third kappa shape index (κ3) is 9.26. The van der Waals surface area contributed by atoms with Crippen LogP contribution in [0.4, 0.5) is 22.0 Å². The van der Waals surface area contributed by atoms with Gasteiger partial charge in [-0.05, 0) is 102 Å². The minimum atomic E-state index is -3.96. The summed E-state index contributed by atoms with van der Waals surface area (Å²) >= 11 is 0. The number of halogens is 5. The third-order valence-electron chi connectivity index (χ3n) is 8.70. The fraction of sp³-hybridized carbons (Fsp3) is 0.256. The molecule has 6 heteroatoms. The van der Waals surface area contributed by atoms with Crippen molar-refractivity contribution in [3.05, 3.63) is 149 Å². The topological polar surface area (TPSA) is 9.23 Å². The van der Waals surface area contributed by atoms with Gasteiger partial charge in [0.05, 0.1) is 5.56 Å². The number of alkyl halides is 2. The number of hydrogen-bond donors (Lipinski definition) is 0. The zero-order valence-electron chi connectivity index (χ0n) is 27.9. The highest BCUT2D eigenvalue weighted by Crippen LogP contribution is 2.37. The molecule has 0 saturated heterocycles.